The van der Waals surface area contributed by atoms with Gasteiger partial charge in [0.25, 0.3) is 0 Å². The van der Waals surface area contributed by atoms with E-state index in [-0.39, 0.29) is 18.4 Å². The van der Waals surface area contributed by atoms with Crippen LogP contribution in [0.5, 0.6) is 0 Å². The van der Waals surface area contributed by atoms with Crippen molar-refractivity contribution in [1.29, 1.82) is 0 Å². The van der Waals surface area contributed by atoms with Gasteiger partial charge in [-0.15, -0.1) is 0 Å². The highest BCUT2D eigenvalue weighted by Gasteiger charge is 2.30. The summed E-state index contributed by atoms with van der Waals surface area (Å²) in [7, 11) is -1.91. The molecule has 2 amide bonds. The van der Waals surface area contributed by atoms with E-state index in [1.165, 1.54) is 29.2 Å². The summed E-state index contributed by atoms with van der Waals surface area (Å²) in [5, 5.41) is 6.10. The molecule has 0 aromatic heterocycles. The molecule has 34 heavy (non-hydrogen) atoms. The number of carbonyl (C=O) groups is 2. The first-order valence-electron chi connectivity index (χ1n) is 11.7. The van der Waals surface area contributed by atoms with Crippen LogP contribution in [-0.2, 0) is 14.0 Å². The number of ether oxygens (including phenoxy) is 1. The van der Waals surface area contributed by atoms with Crippen LogP contribution in [0.4, 0.5) is 4.79 Å². The van der Waals surface area contributed by atoms with Gasteiger partial charge in [0.1, 0.15) is 6.61 Å². The number of carbonyl (C=O) groups excluding carboxylic acids is 2. The van der Waals surface area contributed by atoms with Gasteiger partial charge < -0.3 is 19.8 Å². The monoisotopic (exact) mass is 498 g/mol. The summed E-state index contributed by atoms with van der Waals surface area (Å²) in [6.07, 6.45) is 1.68. The van der Waals surface area contributed by atoms with E-state index in [0.29, 0.717) is 18.0 Å². The van der Waals surface area contributed by atoms with Crippen LogP contribution in [0.2, 0.25) is 19.6 Å². The fourth-order valence-corrected chi connectivity index (χ4v) is 5.81. The van der Waals surface area contributed by atoms with E-state index >= 15 is 0 Å². The van der Waals surface area contributed by atoms with Crippen molar-refractivity contribution in [2.24, 2.45) is 0 Å². The van der Waals surface area contributed by atoms with Gasteiger partial charge in [0.05, 0.1) is 6.04 Å². The minimum atomic E-state index is -1.91. The Morgan fingerprint density at radius 3 is 2.15 bits per heavy atom. The molecule has 1 aliphatic rings. The Morgan fingerprint density at radius 1 is 1.00 bits per heavy atom. The van der Waals surface area contributed by atoms with Crippen molar-refractivity contribution in [3.8, 4) is 11.1 Å². The molecule has 3 rings (SSSR count). The van der Waals surface area contributed by atoms with Crippen molar-refractivity contribution in [3.63, 3.8) is 0 Å². The van der Waals surface area contributed by atoms with Gasteiger partial charge in [0, 0.05) is 19.4 Å². The molecular weight excluding hydrogens is 464 g/mol. The highest BCUT2D eigenvalue weighted by atomic mass is 32.1. The fourth-order valence-electron chi connectivity index (χ4n) is 4.14. The standard InChI is InChI=1S/C26H34N2O4SSi/c1-18(29)27-16-10-9-15-24(25(33)32-34(2,3)4)28-26(30)31-17-23-21-13-7-5-11-19(21)20-12-6-8-14-22(20)23/h5-8,11-14,23-24H,9-10,15-17H2,1-4H3,(H,27,29)(H,28,30). The minimum absolute atomic E-state index is 0.000519. The number of alkyl carbamates (subject to hydrolysis) is 1. The summed E-state index contributed by atoms with van der Waals surface area (Å²) in [6, 6.07) is 16.1. The van der Waals surface area contributed by atoms with Crippen molar-refractivity contribution in [3.05, 3.63) is 59.7 Å². The van der Waals surface area contributed by atoms with Gasteiger partial charge in [-0.05, 0) is 73.4 Å². The first kappa shape index (κ1) is 25.9. The van der Waals surface area contributed by atoms with Crippen LogP contribution in [0.15, 0.2) is 48.5 Å². The molecule has 1 atom stereocenters. The fraction of sp³-hybridized carbons (Fsp3) is 0.423. The van der Waals surface area contributed by atoms with Crippen molar-refractivity contribution < 1.29 is 18.8 Å². The highest BCUT2D eigenvalue weighted by molar-refractivity contribution is 7.80. The van der Waals surface area contributed by atoms with Gasteiger partial charge in [0.15, 0.2) is 5.05 Å². The van der Waals surface area contributed by atoms with Crippen molar-refractivity contribution in [1.82, 2.24) is 10.6 Å². The smallest absolute Gasteiger partial charge is 0.407 e. The maximum absolute atomic E-state index is 12.8. The molecule has 2 aromatic rings. The SMILES string of the molecule is CC(=O)NCCCCC(NC(=O)OCC1c2ccccc2-c2ccccc21)C(=S)O[Si](C)(C)C. The molecule has 0 saturated heterocycles. The van der Waals surface area contributed by atoms with E-state index in [9.17, 15) is 9.59 Å². The lowest BCUT2D eigenvalue weighted by Crippen LogP contribution is -2.45. The Balaban J connectivity index is 1.61. The molecule has 0 aliphatic heterocycles. The lowest BCUT2D eigenvalue weighted by molar-refractivity contribution is -0.118. The third kappa shape index (κ3) is 7.14. The van der Waals surface area contributed by atoms with E-state index in [1.807, 2.05) is 24.3 Å². The summed E-state index contributed by atoms with van der Waals surface area (Å²) in [4.78, 5) is 23.9. The van der Waals surface area contributed by atoms with Crippen molar-refractivity contribution in [2.45, 2.75) is 57.8 Å². The van der Waals surface area contributed by atoms with Crippen LogP contribution in [0, 0.1) is 0 Å². The Morgan fingerprint density at radius 2 is 1.59 bits per heavy atom. The van der Waals surface area contributed by atoms with Gasteiger partial charge in [-0.1, -0.05) is 48.5 Å². The van der Waals surface area contributed by atoms with E-state index in [2.05, 4.69) is 54.5 Å². The number of amides is 2. The number of hydrogen-bond acceptors (Lipinski definition) is 5. The van der Waals surface area contributed by atoms with E-state index < -0.39 is 20.5 Å². The Labute approximate surface area is 208 Å². The molecule has 2 aromatic carbocycles. The average Bonchev–Trinajstić information content (AvgIpc) is 3.09. The lowest BCUT2D eigenvalue weighted by Gasteiger charge is -2.26. The van der Waals surface area contributed by atoms with Gasteiger partial charge in [-0.2, -0.15) is 0 Å². The third-order valence-corrected chi connectivity index (χ3v) is 6.97. The van der Waals surface area contributed by atoms with Gasteiger partial charge in [-0.3, -0.25) is 4.79 Å². The summed E-state index contributed by atoms with van der Waals surface area (Å²) in [5.74, 6) is -0.0506. The molecule has 0 fully saturated rings. The quantitative estimate of drug-likeness (QED) is 0.261. The Hall–Kier alpha value is -2.71. The first-order valence-corrected chi connectivity index (χ1v) is 15.6. The van der Waals surface area contributed by atoms with Crippen molar-refractivity contribution >= 4 is 37.6 Å². The molecule has 0 heterocycles. The van der Waals surface area contributed by atoms with Gasteiger partial charge in [0.2, 0.25) is 14.2 Å². The normalized spacial score (nSPS) is 13.4. The summed E-state index contributed by atoms with van der Waals surface area (Å²) < 4.78 is 11.7. The van der Waals surface area contributed by atoms with E-state index in [4.69, 9.17) is 21.4 Å². The number of hydrogen-bond donors (Lipinski definition) is 2. The summed E-state index contributed by atoms with van der Waals surface area (Å²) in [5.41, 5.74) is 4.72. The topological polar surface area (TPSA) is 76.7 Å². The van der Waals surface area contributed by atoms with E-state index in [0.717, 1.165) is 12.8 Å². The second-order valence-electron chi connectivity index (χ2n) is 9.53. The number of fused-ring (bicyclic) bond motifs is 3. The second kappa shape index (κ2) is 11.6. The second-order valence-corrected chi connectivity index (χ2v) is 14.4. The molecule has 2 N–H and O–H groups in total. The number of unbranched alkanes of at least 4 members (excludes halogenated alkanes) is 1. The Kier molecular flexibility index (Phi) is 8.85. The molecule has 182 valence electrons. The zero-order valence-electron chi connectivity index (χ0n) is 20.4. The highest BCUT2D eigenvalue weighted by Crippen LogP contribution is 2.44. The van der Waals surface area contributed by atoms with Crippen LogP contribution >= 0.6 is 12.2 Å². The minimum Gasteiger partial charge on any atom is -0.538 e. The maximum Gasteiger partial charge on any atom is 0.407 e. The molecule has 0 saturated carbocycles. The first-order chi connectivity index (χ1) is 16.2. The largest absolute Gasteiger partial charge is 0.538 e. The molecule has 0 radical (unpaired) electrons. The van der Waals surface area contributed by atoms with Gasteiger partial charge in [-0.25, -0.2) is 4.79 Å². The van der Waals surface area contributed by atoms with Gasteiger partial charge >= 0.3 is 6.09 Å². The van der Waals surface area contributed by atoms with Crippen LogP contribution in [0.3, 0.4) is 0 Å². The molecule has 6 nitrogen and oxygen atoms in total. The molecule has 1 unspecified atom stereocenters. The van der Waals surface area contributed by atoms with Crippen LogP contribution in [-0.4, -0.2) is 44.6 Å². The zero-order valence-corrected chi connectivity index (χ0v) is 22.2. The predicted molar refractivity (Wildman–Crippen MR) is 142 cm³/mol. The van der Waals surface area contributed by atoms with E-state index in [1.54, 1.807) is 0 Å². The third-order valence-electron chi connectivity index (χ3n) is 5.62. The van der Waals surface area contributed by atoms with Crippen LogP contribution in [0.1, 0.15) is 43.2 Å². The molecule has 1 aliphatic carbocycles. The molecular formula is C26H34N2O4SSi. The molecule has 0 bridgehead atoms. The average molecular weight is 499 g/mol. The maximum atomic E-state index is 12.8. The Bertz CT molecular complexity index is 992. The van der Waals surface area contributed by atoms with Crippen molar-refractivity contribution in [2.75, 3.05) is 13.2 Å². The number of thiocarbonyl (C=S) groups is 1. The molecule has 8 heteroatoms. The van der Waals surface area contributed by atoms with Crippen LogP contribution < -0.4 is 10.6 Å². The molecule has 0 spiro atoms. The lowest BCUT2D eigenvalue weighted by atomic mass is 9.98. The zero-order chi connectivity index (χ0) is 24.7. The van der Waals surface area contributed by atoms with Crippen LogP contribution in [0.25, 0.3) is 11.1 Å². The number of nitrogens with one attached hydrogen (secondary N) is 2. The number of rotatable bonds is 10. The number of benzene rings is 2. The summed E-state index contributed by atoms with van der Waals surface area (Å²) in [6.45, 7) is 8.51. The summed E-state index contributed by atoms with van der Waals surface area (Å²) >= 11 is 5.53. The predicted octanol–water partition coefficient (Wildman–Crippen LogP) is 5.38.